The van der Waals surface area contributed by atoms with Crippen molar-refractivity contribution in [3.8, 4) is 6.07 Å². The van der Waals surface area contributed by atoms with E-state index in [-0.39, 0.29) is 22.7 Å². The van der Waals surface area contributed by atoms with E-state index >= 15 is 0 Å². The average Bonchev–Trinajstić information content (AvgIpc) is 3.22. The summed E-state index contributed by atoms with van der Waals surface area (Å²) in [6.45, 7) is 0.872. The maximum atomic E-state index is 13.1. The zero-order valence-electron chi connectivity index (χ0n) is 18.7. The fourth-order valence-corrected chi connectivity index (χ4v) is 4.47. The van der Waals surface area contributed by atoms with Crippen LogP contribution in [0, 0.1) is 11.3 Å². The molecule has 8 heteroatoms. The van der Waals surface area contributed by atoms with Gasteiger partial charge in [-0.15, -0.1) is 0 Å². The zero-order chi connectivity index (χ0) is 23.7. The van der Waals surface area contributed by atoms with Gasteiger partial charge in [-0.05, 0) is 35.7 Å². The minimum atomic E-state index is -0.880. The third-order valence-electron chi connectivity index (χ3n) is 6.06. The highest BCUT2D eigenvalue weighted by atomic mass is 16.5. The number of rotatable bonds is 4. The Hall–Kier alpha value is -4.25. The number of anilines is 2. The number of hydrogen-bond acceptors (Lipinski definition) is 8. The molecular formula is C25H24N4O4. The van der Waals surface area contributed by atoms with Gasteiger partial charge in [0.25, 0.3) is 0 Å². The van der Waals surface area contributed by atoms with Crippen LogP contribution in [-0.4, -0.2) is 39.8 Å². The van der Waals surface area contributed by atoms with E-state index in [1.165, 1.54) is 19.1 Å². The summed E-state index contributed by atoms with van der Waals surface area (Å²) in [5.41, 5.74) is 9.96. The number of ether oxygens (including phenoxy) is 2. The second-order valence-corrected chi connectivity index (χ2v) is 7.82. The standard InChI is InChI=1S/C25H24N4O4/c1-28-12-11-16-13-17(9-10-19(16)28)29-22(25(31)33-3)21(24(30)32-2)20(18(14-26)23(29)27)15-7-5-4-6-8-15/h4-10,13,20H,11-12,27H2,1-3H3. The highest BCUT2D eigenvalue weighted by Crippen LogP contribution is 2.44. The number of nitrogens with zero attached hydrogens (tertiary/aromatic N) is 3. The highest BCUT2D eigenvalue weighted by molar-refractivity contribution is 6.06. The largest absolute Gasteiger partial charge is 0.466 e. The van der Waals surface area contributed by atoms with Gasteiger partial charge in [-0.2, -0.15) is 5.26 Å². The Kier molecular flexibility index (Phi) is 5.80. The molecule has 2 N–H and O–H groups in total. The normalized spacial score (nSPS) is 17.6. The van der Waals surface area contributed by atoms with Gasteiger partial charge in [0.1, 0.15) is 11.5 Å². The summed E-state index contributed by atoms with van der Waals surface area (Å²) >= 11 is 0. The number of likely N-dealkylation sites (N-methyl/N-ethyl adjacent to an activating group) is 1. The first-order valence-corrected chi connectivity index (χ1v) is 10.4. The van der Waals surface area contributed by atoms with Crippen molar-refractivity contribution in [1.82, 2.24) is 0 Å². The maximum Gasteiger partial charge on any atom is 0.355 e. The van der Waals surface area contributed by atoms with E-state index in [1.807, 2.05) is 31.3 Å². The molecule has 0 saturated heterocycles. The number of esters is 2. The number of hydrogen-bond donors (Lipinski definition) is 1. The molecule has 8 nitrogen and oxygen atoms in total. The van der Waals surface area contributed by atoms with Crippen LogP contribution in [0.15, 0.2) is 71.2 Å². The lowest BCUT2D eigenvalue weighted by Gasteiger charge is -2.36. The van der Waals surface area contributed by atoms with Gasteiger partial charge in [0.2, 0.25) is 0 Å². The SMILES string of the molecule is COC(=O)C1=C(C(=O)OC)N(c2ccc3c(c2)CCN3C)C(N)=C(C#N)C1c1ccccc1. The van der Waals surface area contributed by atoms with Gasteiger partial charge in [-0.3, -0.25) is 4.90 Å². The summed E-state index contributed by atoms with van der Waals surface area (Å²) in [5, 5.41) is 10.1. The van der Waals surface area contributed by atoms with E-state index < -0.39 is 17.9 Å². The van der Waals surface area contributed by atoms with Crippen LogP contribution in [0.5, 0.6) is 0 Å². The Morgan fingerprint density at radius 2 is 1.79 bits per heavy atom. The van der Waals surface area contributed by atoms with Gasteiger partial charge in [0, 0.05) is 25.0 Å². The molecule has 0 fully saturated rings. The van der Waals surface area contributed by atoms with E-state index in [0.29, 0.717) is 11.3 Å². The van der Waals surface area contributed by atoms with Gasteiger partial charge in [-0.1, -0.05) is 30.3 Å². The molecule has 33 heavy (non-hydrogen) atoms. The molecule has 2 aromatic rings. The first-order valence-electron chi connectivity index (χ1n) is 10.4. The molecule has 1 unspecified atom stereocenters. The molecule has 0 saturated carbocycles. The van der Waals surface area contributed by atoms with Gasteiger partial charge in [0.15, 0.2) is 0 Å². The number of allylic oxidation sites excluding steroid dienone is 1. The first-order chi connectivity index (χ1) is 15.9. The van der Waals surface area contributed by atoms with Crippen LogP contribution in [-0.2, 0) is 25.5 Å². The van der Waals surface area contributed by atoms with E-state index in [4.69, 9.17) is 15.2 Å². The maximum absolute atomic E-state index is 13.1. The van der Waals surface area contributed by atoms with Crippen molar-refractivity contribution in [1.29, 1.82) is 5.26 Å². The molecule has 4 rings (SSSR count). The van der Waals surface area contributed by atoms with Crippen molar-refractivity contribution in [2.24, 2.45) is 5.73 Å². The monoisotopic (exact) mass is 444 g/mol. The summed E-state index contributed by atoms with van der Waals surface area (Å²) in [7, 11) is 4.47. The molecular weight excluding hydrogens is 420 g/mol. The van der Waals surface area contributed by atoms with Crippen molar-refractivity contribution < 1.29 is 19.1 Å². The van der Waals surface area contributed by atoms with Gasteiger partial charge in [0.05, 0.1) is 37.4 Å². The molecule has 0 aliphatic carbocycles. The molecule has 2 aliphatic rings. The van der Waals surface area contributed by atoms with Crippen LogP contribution in [0.3, 0.4) is 0 Å². The Bertz CT molecular complexity index is 1230. The number of nitrogens with two attached hydrogens (primary N) is 1. The van der Waals surface area contributed by atoms with Crippen molar-refractivity contribution in [3.63, 3.8) is 0 Å². The van der Waals surface area contributed by atoms with Crippen LogP contribution >= 0.6 is 0 Å². The Labute approximate surface area is 192 Å². The molecule has 0 bridgehead atoms. The van der Waals surface area contributed by atoms with Gasteiger partial charge < -0.3 is 20.1 Å². The molecule has 2 heterocycles. The summed E-state index contributed by atoms with van der Waals surface area (Å²) in [5.74, 6) is -2.32. The number of methoxy groups -OCH3 is 2. The molecule has 0 amide bonds. The number of nitriles is 1. The topological polar surface area (TPSA) is 109 Å². The molecule has 168 valence electrons. The molecule has 0 aromatic heterocycles. The van der Waals surface area contributed by atoms with E-state index in [9.17, 15) is 14.9 Å². The highest BCUT2D eigenvalue weighted by Gasteiger charge is 2.43. The minimum Gasteiger partial charge on any atom is -0.466 e. The summed E-state index contributed by atoms with van der Waals surface area (Å²) in [6.07, 6.45) is 0.829. The molecule has 0 spiro atoms. The minimum absolute atomic E-state index is 0.00100. The third-order valence-corrected chi connectivity index (χ3v) is 6.06. The number of fused-ring (bicyclic) bond motifs is 1. The van der Waals surface area contributed by atoms with Crippen LogP contribution < -0.4 is 15.5 Å². The van der Waals surface area contributed by atoms with E-state index in [2.05, 4.69) is 11.0 Å². The predicted molar refractivity (Wildman–Crippen MR) is 123 cm³/mol. The first kappa shape index (κ1) is 22.0. The number of carbonyl (C=O) groups is 2. The lowest BCUT2D eigenvalue weighted by molar-refractivity contribution is -0.139. The molecule has 2 aliphatic heterocycles. The second-order valence-electron chi connectivity index (χ2n) is 7.82. The fraction of sp³-hybridized carbons (Fsp3) is 0.240. The Morgan fingerprint density at radius 1 is 1.09 bits per heavy atom. The lowest BCUT2D eigenvalue weighted by atomic mass is 9.81. The molecule has 2 aromatic carbocycles. The molecule has 1 atom stereocenters. The van der Waals surface area contributed by atoms with Crippen LogP contribution in [0.25, 0.3) is 0 Å². The summed E-state index contributed by atoms with van der Waals surface area (Å²) < 4.78 is 10.1. The average molecular weight is 444 g/mol. The smallest absolute Gasteiger partial charge is 0.355 e. The van der Waals surface area contributed by atoms with Crippen LogP contribution in [0.1, 0.15) is 17.0 Å². The predicted octanol–water partition coefficient (Wildman–Crippen LogP) is 2.58. The second kappa shape index (κ2) is 8.71. The van der Waals surface area contributed by atoms with Crippen molar-refractivity contribution in [2.75, 3.05) is 37.6 Å². The fourth-order valence-electron chi connectivity index (χ4n) is 4.47. The van der Waals surface area contributed by atoms with E-state index in [0.717, 1.165) is 24.2 Å². The van der Waals surface area contributed by atoms with Gasteiger partial charge in [-0.25, -0.2) is 9.59 Å². The zero-order valence-corrected chi connectivity index (χ0v) is 18.7. The Balaban J connectivity index is 2.02. The van der Waals surface area contributed by atoms with E-state index in [1.54, 1.807) is 24.3 Å². The lowest BCUT2D eigenvalue weighted by Crippen LogP contribution is -2.40. The number of carbonyl (C=O) groups excluding carboxylic acids is 2. The third kappa shape index (κ3) is 3.57. The van der Waals surface area contributed by atoms with Crippen LogP contribution in [0.4, 0.5) is 11.4 Å². The van der Waals surface area contributed by atoms with Gasteiger partial charge >= 0.3 is 11.9 Å². The van der Waals surface area contributed by atoms with Crippen molar-refractivity contribution >= 4 is 23.3 Å². The summed E-state index contributed by atoms with van der Waals surface area (Å²) in [6, 6.07) is 16.8. The summed E-state index contributed by atoms with van der Waals surface area (Å²) in [4.78, 5) is 29.7. The molecule has 0 radical (unpaired) electrons. The Morgan fingerprint density at radius 3 is 2.42 bits per heavy atom. The quantitative estimate of drug-likeness (QED) is 0.717. The number of benzene rings is 2. The van der Waals surface area contributed by atoms with Crippen molar-refractivity contribution in [2.45, 2.75) is 12.3 Å². The van der Waals surface area contributed by atoms with Crippen LogP contribution in [0.2, 0.25) is 0 Å². The van der Waals surface area contributed by atoms with Crippen molar-refractivity contribution in [3.05, 3.63) is 82.3 Å².